The molecule has 0 unspecified atom stereocenters. The molecule has 0 spiro atoms. The third-order valence-electron chi connectivity index (χ3n) is 3.08. The number of amidine groups is 1. The zero-order chi connectivity index (χ0) is 16.2. The SMILES string of the molecule is COC(=O)/C=C1/S/C(=N\N=Cc2cccc3[nH]ccc23)NC1=O. The van der Waals surface area contributed by atoms with Crippen LogP contribution in [0, 0.1) is 0 Å². The van der Waals surface area contributed by atoms with Crippen molar-refractivity contribution in [3.63, 3.8) is 0 Å². The lowest BCUT2D eigenvalue weighted by atomic mass is 10.1. The van der Waals surface area contributed by atoms with Gasteiger partial charge in [0.1, 0.15) is 0 Å². The van der Waals surface area contributed by atoms with Crippen molar-refractivity contribution in [3.05, 3.63) is 47.0 Å². The van der Waals surface area contributed by atoms with Gasteiger partial charge >= 0.3 is 5.97 Å². The summed E-state index contributed by atoms with van der Waals surface area (Å²) in [5.74, 6) is -0.992. The van der Waals surface area contributed by atoms with Crippen LogP contribution in [0.15, 0.2) is 51.6 Å². The monoisotopic (exact) mass is 328 g/mol. The topological polar surface area (TPSA) is 95.9 Å². The number of fused-ring (bicyclic) bond motifs is 1. The zero-order valence-electron chi connectivity index (χ0n) is 12.1. The Bertz CT molecular complexity index is 866. The molecule has 1 aliphatic rings. The van der Waals surface area contributed by atoms with Crippen molar-refractivity contribution in [1.82, 2.24) is 10.3 Å². The Balaban J connectivity index is 1.76. The molecule has 116 valence electrons. The molecule has 1 aromatic carbocycles. The summed E-state index contributed by atoms with van der Waals surface area (Å²) in [7, 11) is 1.25. The van der Waals surface area contributed by atoms with Gasteiger partial charge in [-0.1, -0.05) is 12.1 Å². The minimum absolute atomic E-state index is 0.221. The number of carbonyl (C=O) groups excluding carboxylic acids is 2. The molecule has 1 aromatic heterocycles. The van der Waals surface area contributed by atoms with Crippen LogP contribution in [0.25, 0.3) is 10.9 Å². The van der Waals surface area contributed by atoms with Crippen LogP contribution in [0.4, 0.5) is 0 Å². The molecule has 0 aliphatic carbocycles. The fourth-order valence-corrected chi connectivity index (χ4v) is 2.75. The highest BCUT2D eigenvalue weighted by Gasteiger charge is 2.24. The number of benzene rings is 1. The molecule has 1 fully saturated rings. The number of methoxy groups -OCH3 is 1. The second kappa shape index (κ2) is 6.49. The number of aromatic amines is 1. The average molecular weight is 328 g/mol. The van der Waals surface area contributed by atoms with E-state index in [0.29, 0.717) is 5.17 Å². The number of aromatic nitrogens is 1. The van der Waals surface area contributed by atoms with Gasteiger partial charge in [-0.2, -0.15) is 5.10 Å². The highest BCUT2D eigenvalue weighted by atomic mass is 32.2. The fourth-order valence-electron chi connectivity index (χ4n) is 2.01. The van der Waals surface area contributed by atoms with Crippen molar-refractivity contribution in [2.45, 2.75) is 0 Å². The highest BCUT2D eigenvalue weighted by molar-refractivity contribution is 8.18. The highest BCUT2D eigenvalue weighted by Crippen LogP contribution is 2.23. The second-order valence-corrected chi connectivity index (χ2v) is 5.55. The summed E-state index contributed by atoms with van der Waals surface area (Å²) >= 11 is 1.03. The van der Waals surface area contributed by atoms with Gasteiger partial charge in [0.2, 0.25) is 0 Å². The molecule has 3 rings (SSSR count). The number of H-pyrrole nitrogens is 1. The molecule has 0 bridgehead atoms. The van der Waals surface area contributed by atoms with Crippen LogP contribution in [0.2, 0.25) is 0 Å². The normalized spacial score (nSPS) is 18.2. The number of esters is 1. The van der Waals surface area contributed by atoms with Crippen LogP contribution in [0.5, 0.6) is 0 Å². The average Bonchev–Trinajstić information content (AvgIpc) is 3.15. The van der Waals surface area contributed by atoms with Gasteiger partial charge in [-0.3, -0.25) is 10.1 Å². The van der Waals surface area contributed by atoms with Gasteiger partial charge in [0.05, 0.1) is 18.2 Å². The summed E-state index contributed by atoms with van der Waals surface area (Å²) in [6.07, 6.45) is 4.58. The summed E-state index contributed by atoms with van der Waals surface area (Å²) in [4.78, 5) is 26.2. The Labute approximate surface area is 135 Å². The molecule has 8 heteroatoms. The van der Waals surface area contributed by atoms with E-state index in [4.69, 9.17) is 0 Å². The van der Waals surface area contributed by atoms with E-state index in [1.807, 2.05) is 30.5 Å². The molecular weight excluding hydrogens is 316 g/mol. The van der Waals surface area contributed by atoms with Gasteiger partial charge < -0.3 is 9.72 Å². The lowest BCUT2D eigenvalue weighted by molar-refractivity contribution is -0.135. The third-order valence-corrected chi connectivity index (χ3v) is 3.98. The van der Waals surface area contributed by atoms with Gasteiger partial charge in [0.25, 0.3) is 5.91 Å². The van der Waals surface area contributed by atoms with Gasteiger partial charge in [-0.15, -0.1) is 5.10 Å². The Morgan fingerprint density at radius 3 is 3.04 bits per heavy atom. The van der Waals surface area contributed by atoms with Crippen LogP contribution < -0.4 is 5.32 Å². The van der Waals surface area contributed by atoms with E-state index in [1.54, 1.807) is 6.21 Å². The number of amides is 1. The van der Waals surface area contributed by atoms with E-state index in [-0.39, 0.29) is 4.91 Å². The second-order valence-electron chi connectivity index (χ2n) is 4.52. The minimum Gasteiger partial charge on any atom is -0.466 e. The number of hydrogen-bond donors (Lipinski definition) is 2. The molecule has 1 aliphatic heterocycles. The van der Waals surface area contributed by atoms with Gasteiger partial charge in [0.15, 0.2) is 5.17 Å². The maximum atomic E-state index is 11.7. The first kappa shape index (κ1) is 15.0. The number of nitrogens with one attached hydrogen (secondary N) is 2. The lowest BCUT2D eigenvalue weighted by Gasteiger charge is -1.94. The summed E-state index contributed by atoms with van der Waals surface area (Å²) in [5.41, 5.74) is 1.92. The first-order valence-electron chi connectivity index (χ1n) is 6.63. The Morgan fingerprint density at radius 2 is 2.22 bits per heavy atom. The number of hydrogen-bond acceptors (Lipinski definition) is 6. The molecule has 23 heavy (non-hydrogen) atoms. The molecule has 0 atom stereocenters. The predicted octanol–water partition coefficient (Wildman–Crippen LogP) is 1.78. The van der Waals surface area contributed by atoms with Crippen molar-refractivity contribution in [3.8, 4) is 0 Å². The van der Waals surface area contributed by atoms with E-state index in [1.165, 1.54) is 7.11 Å². The predicted molar refractivity (Wildman–Crippen MR) is 89.2 cm³/mol. The van der Waals surface area contributed by atoms with E-state index < -0.39 is 11.9 Å². The van der Waals surface area contributed by atoms with Crippen molar-refractivity contribution in [2.75, 3.05) is 7.11 Å². The molecule has 7 nitrogen and oxygen atoms in total. The van der Waals surface area contributed by atoms with Crippen LogP contribution in [0.1, 0.15) is 5.56 Å². The van der Waals surface area contributed by atoms with E-state index in [9.17, 15) is 9.59 Å². The van der Waals surface area contributed by atoms with Crippen molar-refractivity contribution >= 4 is 45.9 Å². The largest absolute Gasteiger partial charge is 0.466 e. The Kier molecular flexibility index (Phi) is 4.24. The number of ether oxygens (including phenoxy) is 1. The first-order chi connectivity index (χ1) is 11.2. The standard InChI is InChI=1S/C15H12N4O3S/c1-22-13(20)7-12-14(21)18-15(23-12)19-17-8-9-3-2-4-11-10(9)5-6-16-11/h2-8,16H,1H3,(H,18,19,21)/b12-7+,17-8?. The summed E-state index contributed by atoms with van der Waals surface area (Å²) in [6, 6.07) is 7.75. The number of thioether (sulfide) groups is 1. The zero-order valence-corrected chi connectivity index (χ0v) is 12.9. The molecule has 2 heterocycles. The Morgan fingerprint density at radius 1 is 1.35 bits per heavy atom. The molecular formula is C15H12N4O3S. The number of rotatable bonds is 3. The first-order valence-corrected chi connectivity index (χ1v) is 7.45. The summed E-state index contributed by atoms with van der Waals surface area (Å²) in [5, 5.41) is 11.8. The maximum absolute atomic E-state index is 11.7. The van der Waals surface area contributed by atoms with Gasteiger partial charge in [0, 0.05) is 28.7 Å². The maximum Gasteiger partial charge on any atom is 0.331 e. The molecule has 2 N–H and O–H groups in total. The molecule has 1 amide bonds. The summed E-state index contributed by atoms with van der Waals surface area (Å²) in [6.45, 7) is 0. The lowest BCUT2D eigenvalue weighted by Crippen LogP contribution is -2.19. The third kappa shape index (κ3) is 3.32. The van der Waals surface area contributed by atoms with Gasteiger partial charge in [-0.05, 0) is 23.9 Å². The molecule has 0 saturated carbocycles. The van der Waals surface area contributed by atoms with Crippen LogP contribution in [0.3, 0.4) is 0 Å². The molecule has 2 aromatic rings. The molecule has 0 radical (unpaired) electrons. The quantitative estimate of drug-likeness (QED) is 0.388. The van der Waals surface area contributed by atoms with Crippen LogP contribution >= 0.6 is 11.8 Å². The van der Waals surface area contributed by atoms with Crippen molar-refractivity contribution in [2.24, 2.45) is 10.2 Å². The number of nitrogens with zero attached hydrogens (tertiary/aromatic N) is 2. The van der Waals surface area contributed by atoms with Crippen LogP contribution in [-0.4, -0.2) is 35.4 Å². The molecule has 1 saturated heterocycles. The smallest absolute Gasteiger partial charge is 0.331 e. The summed E-state index contributed by atoms with van der Waals surface area (Å²) < 4.78 is 4.49. The van der Waals surface area contributed by atoms with E-state index in [2.05, 4.69) is 25.2 Å². The van der Waals surface area contributed by atoms with Crippen LogP contribution in [-0.2, 0) is 14.3 Å². The van der Waals surface area contributed by atoms with Gasteiger partial charge in [-0.25, -0.2) is 4.79 Å². The number of carbonyl (C=O) groups is 2. The van der Waals surface area contributed by atoms with Crippen molar-refractivity contribution < 1.29 is 14.3 Å². The van der Waals surface area contributed by atoms with E-state index in [0.717, 1.165) is 34.3 Å². The Hall–Kier alpha value is -2.87. The fraction of sp³-hybridized carbons (Fsp3) is 0.0667. The van der Waals surface area contributed by atoms with E-state index >= 15 is 0 Å². The van der Waals surface area contributed by atoms with Crippen molar-refractivity contribution in [1.29, 1.82) is 0 Å². The minimum atomic E-state index is -0.591.